The minimum atomic E-state index is -0.602. The zero-order valence-electron chi connectivity index (χ0n) is 11.9. The SMILES string of the molecule is CCNC(CC)c1ccc(N2CCS(=O)CC2)cc1. The van der Waals surface area contributed by atoms with Gasteiger partial charge in [0.05, 0.1) is 0 Å². The van der Waals surface area contributed by atoms with Crippen LogP contribution in [0.5, 0.6) is 0 Å². The second-order valence-electron chi connectivity index (χ2n) is 4.95. The van der Waals surface area contributed by atoms with Gasteiger partial charge in [0.1, 0.15) is 0 Å². The lowest BCUT2D eigenvalue weighted by Crippen LogP contribution is -2.37. The summed E-state index contributed by atoms with van der Waals surface area (Å²) in [4.78, 5) is 2.33. The molecule has 1 atom stereocenters. The lowest BCUT2D eigenvalue weighted by molar-refractivity contribution is 0.537. The highest BCUT2D eigenvalue weighted by Gasteiger charge is 2.15. The van der Waals surface area contributed by atoms with Gasteiger partial charge in [-0.15, -0.1) is 0 Å². The average molecular weight is 280 g/mol. The van der Waals surface area contributed by atoms with Crippen molar-refractivity contribution in [2.24, 2.45) is 0 Å². The van der Waals surface area contributed by atoms with E-state index in [1.165, 1.54) is 11.3 Å². The van der Waals surface area contributed by atoms with E-state index in [1.54, 1.807) is 0 Å². The van der Waals surface area contributed by atoms with E-state index in [9.17, 15) is 4.21 Å². The van der Waals surface area contributed by atoms with Crippen LogP contribution in [0.15, 0.2) is 24.3 Å². The summed E-state index contributed by atoms with van der Waals surface area (Å²) < 4.78 is 11.4. The molecule has 0 aliphatic carbocycles. The summed E-state index contributed by atoms with van der Waals surface area (Å²) in [7, 11) is -0.602. The van der Waals surface area contributed by atoms with Crippen molar-refractivity contribution in [2.75, 3.05) is 36.0 Å². The van der Waals surface area contributed by atoms with E-state index in [-0.39, 0.29) is 0 Å². The molecule has 1 aliphatic heterocycles. The Balaban J connectivity index is 2.03. The molecule has 0 bridgehead atoms. The summed E-state index contributed by atoms with van der Waals surface area (Å²) in [5.41, 5.74) is 2.61. The van der Waals surface area contributed by atoms with E-state index >= 15 is 0 Å². The predicted octanol–water partition coefficient (Wildman–Crippen LogP) is 2.32. The number of hydrogen-bond donors (Lipinski definition) is 1. The zero-order chi connectivity index (χ0) is 13.7. The number of hydrogen-bond acceptors (Lipinski definition) is 3. The van der Waals surface area contributed by atoms with Gasteiger partial charge < -0.3 is 10.2 Å². The van der Waals surface area contributed by atoms with Gasteiger partial charge in [0, 0.05) is 47.1 Å². The monoisotopic (exact) mass is 280 g/mol. The maximum absolute atomic E-state index is 11.4. The van der Waals surface area contributed by atoms with Crippen LogP contribution in [0.3, 0.4) is 0 Å². The van der Waals surface area contributed by atoms with Crippen molar-refractivity contribution in [3.63, 3.8) is 0 Å². The van der Waals surface area contributed by atoms with Crippen molar-refractivity contribution in [2.45, 2.75) is 26.3 Å². The van der Waals surface area contributed by atoms with Crippen molar-refractivity contribution >= 4 is 16.5 Å². The molecule has 0 amide bonds. The van der Waals surface area contributed by atoms with Crippen molar-refractivity contribution in [3.8, 4) is 0 Å². The summed E-state index contributed by atoms with van der Waals surface area (Å²) in [5, 5.41) is 3.50. The summed E-state index contributed by atoms with van der Waals surface area (Å²) in [6.45, 7) is 7.18. The van der Waals surface area contributed by atoms with Crippen molar-refractivity contribution in [1.82, 2.24) is 5.32 Å². The van der Waals surface area contributed by atoms with Gasteiger partial charge in [-0.2, -0.15) is 0 Å². The van der Waals surface area contributed by atoms with Gasteiger partial charge in [-0.1, -0.05) is 26.0 Å². The molecule has 0 radical (unpaired) electrons. The van der Waals surface area contributed by atoms with Gasteiger partial charge in [0.2, 0.25) is 0 Å². The molecule has 1 fully saturated rings. The molecule has 106 valence electrons. The highest BCUT2D eigenvalue weighted by atomic mass is 32.2. The zero-order valence-corrected chi connectivity index (χ0v) is 12.7. The highest BCUT2D eigenvalue weighted by Crippen LogP contribution is 2.22. The molecule has 3 nitrogen and oxygen atoms in total. The lowest BCUT2D eigenvalue weighted by Gasteiger charge is -2.28. The molecule has 1 unspecified atom stereocenters. The average Bonchev–Trinajstić information content (AvgIpc) is 2.46. The van der Waals surface area contributed by atoms with E-state index in [1.807, 2.05) is 0 Å². The van der Waals surface area contributed by atoms with Crippen molar-refractivity contribution in [1.29, 1.82) is 0 Å². The molecule has 1 aliphatic rings. The minimum absolute atomic E-state index is 0.452. The number of rotatable bonds is 5. The fourth-order valence-corrected chi connectivity index (χ4v) is 3.61. The van der Waals surface area contributed by atoms with Crippen LogP contribution in [0, 0.1) is 0 Å². The molecular formula is C15H24N2OS. The van der Waals surface area contributed by atoms with E-state index in [2.05, 4.69) is 48.3 Å². The van der Waals surface area contributed by atoms with E-state index in [4.69, 9.17) is 0 Å². The molecule has 19 heavy (non-hydrogen) atoms. The number of anilines is 1. The molecule has 0 spiro atoms. The van der Waals surface area contributed by atoms with Gasteiger partial charge in [0.15, 0.2) is 0 Å². The molecule has 1 saturated heterocycles. The van der Waals surface area contributed by atoms with Gasteiger partial charge >= 0.3 is 0 Å². The van der Waals surface area contributed by atoms with Crippen LogP contribution in [0.4, 0.5) is 5.69 Å². The Morgan fingerprint density at radius 2 is 1.84 bits per heavy atom. The Labute approximate surface area is 118 Å². The first-order valence-corrected chi connectivity index (χ1v) is 8.66. The van der Waals surface area contributed by atoms with Gasteiger partial charge in [-0.05, 0) is 30.7 Å². The van der Waals surface area contributed by atoms with Gasteiger partial charge in [-0.3, -0.25) is 4.21 Å². The minimum Gasteiger partial charge on any atom is -0.370 e. The standard InChI is InChI=1S/C15H24N2OS/c1-3-15(16-4-2)13-5-7-14(8-6-13)17-9-11-19(18)12-10-17/h5-8,15-16H,3-4,9-12H2,1-2H3. The quantitative estimate of drug-likeness (QED) is 0.898. The van der Waals surface area contributed by atoms with E-state index in [0.29, 0.717) is 6.04 Å². The van der Waals surface area contributed by atoms with Crippen LogP contribution in [0.2, 0.25) is 0 Å². The number of nitrogens with zero attached hydrogens (tertiary/aromatic N) is 1. The van der Waals surface area contributed by atoms with Gasteiger partial charge in [0.25, 0.3) is 0 Å². The van der Waals surface area contributed by atoms with Crippen LogP contribution < -0.4 is 10.2 Å². The molecule has 2 rings (SSSR count). The fraction of sp³-hybridized carbons (Fsp3) is 0.600. The van der Waals surface area contributed by atoms with Crippen LogP contribution in [0.25, 0.3) is 0 Å². The first-order valence-electron chi connectivity index (χ1n) is 7.17. The predicted molar refractivity (Wildman–Crippen MR) is 83.2 cm³/mol. The summed E-state index contributed by atoms with van der Waals surface area (Å²) in [6.07, 6.45) is 1.11. The third-order valence-corrected chi connectivity index (χ3v) is 4.97. The Morgan fingerprint density at radius 1 is 1.21 bits per heavy atom. The summed E-state index contributed by atoms with van der Waals surface area (Å²) in [6, 6.07) is 9.29. The second-order valence-corrected chi connectivity index (χ2v) is 6.64. The topological polar surface area (TPSA) is 32.3 Å². The molecule has 1 aromatic rings. The first-order chi connectivity index (χ1) is 9.24. The summed E-state index contributed by atoms with van der Waals surface area (Å²) in [5.74, 6) is 1.60. The maximum Gasteiger partial charge on any atom is 0.0411 e. The molecule has 0 saturated carbocycles. The van der Waals surface area contributed by atoms with Crippen molar-refractivity contribution in [3.05, 3.63) is 29.8 Å². The van der Waals surface area contributed by atoms with E-state index in [0.717, 1.165) is 37.6 Å². The first kappa shape index (κ1) is 14.5. The molecule has 1 N–H and O–H groups in total. The number of benzene rings is 1. The van der Waals surface area contributed by atoms with Crippen LogP contribution >= 0.6 is 0 Å². The third kappa shape index (κ3) is 3.80. The summed E-state index contributed by atoms with van der Waals surface area (Å²) >= 11 is 0. The molecule has 1 heterocycles. The third-order valence-electron chi connectivity index (χ3n) is 3.70. The Kier molecular flexibility index (Phi) is 5.40. The molecule has 4 heteroatoms. The van der Waals surface area contributed by atoms with Crippen LogP contribution in [-0.2, 0) is 10.8 Å². The smallest absolute Gasteiger partial charge is 0.0411 e. The highest BCUT2D eigenvalue weighted by molar-refractivity contribution is 7.85. The Hall–Kier alpha value is -0.870. The lowest BCUT2D eigenvalue weighted by atomic mass is 10.0. The molecule has 0 aromatic heterocycles. The largest absolute Gasteiger partial charge is 0.370 e. The normalized spacial score (nSPS) is 18.5. The second kappa shape index (κ2) is 7.06. The molecular weight excluding hydrogens is 256 g/mol. The molecule has 1 aromatic carbocycles. The fourth-order valence-electron chi connectivity index (χ4n) is 2.56. The number of nitrogens with one attached hydrogen (secondary N) is 1. The van der Waals surface area contributed by atoms with E-state index < -0.39 is 10.8 Å². The maximum atomic E-state index is 11.4. The van der Waals surface area contributed by atoms with Crippen LogP contribution in [0.1, 0.15) is 31.9 Å². The Morgan fingerprint density at radius 3 is 2.37 bits per heavy atom. The van der Waals surface area contributed by atoms with Crippen LogP contribution in [-0.4, -0.2) is 35.3 Å². The van der Waals surface area contributed by atoms with Gasteiger partial charge in [-0.25, -0.2) is 0 Å². The van der Waals surface area contributed by atoms with Crippen molar-refractivity contribution < 1.29 is 4.21 Å². The Bertz CT molecular complexity index is 409.